The molecule has 1 saturated heterocycles. The predicted octanol–water partition coefficient (Wildman–Crippen LogP) is -0.941. The van der Waals surface area contributed by atoms with E-state index in [1.807, 2.05) is 13.8 Å². The van der Waals surface area contributed by atoms with Gasteiger partial charge in [0.2, 0.25) is 0 Å². The van der Waals surface area contributed by atoms with Crippen molar-refractivity contribution in [2.45, 2.75) is 32.0 Å². The molecular weight excluding hydrogens is 170 g/mol. The van der Waals surface area contributed by atoms with Crippen molar-refractivity contribution in [1.29, 1.82) is 0 Å². The molecule has 4 N–H and O–H groups in total. The van der Waals surface area contributed by atoms with E-state index in [-0.39, 0.29) is 12.1 Å². The van der Waals surface area contributed by atoms with Gasteiger partial charge in [0, 0.05) is 6.04 Å². The maximum atomic E-state index is 9.36. The van der Waals surface area contributed by atoms with Gasteiger partial charge in [-0.05, 0) is 13.8 Å². The molecule has 5 heteroatoms. The Morgan fingerprint density at radius 2 is 2.31 bits per heavy atom. The van der Waals surface area contributed by atoms with Gasteiger partial charge in [0.05, 0.1) is 13.2 Å². The molecule has 1 aliphatic rings. The molecule has 0 aromatic rings. The molecule has 76 valence electrons. The Hall–Kier alpha value is -0.810. The van der Waals surface area contributed by atoms with Crippen LogP contribution in [0, 0.1) is 0 Å². The van der Waals surface area contributed by atoms with Crippen LogP contribution in [0.1, 0.15) is 13.8 Å². The summed E-state index contributed by atoms with van der Waals surface area (Å²) in [6.07, 6.45) is -0.521. The molecular formula is C8H17N3O2. The Morgan fingerprint density at radius 1 is 1.62 bits per heavy atom. The van der Waals surface area contributed by atoms with Gasteiger partial charge >= 0.3 is 0 Å². The van der Waals surface area contributed by atoms with Crippen LogP contribution in [-0.2, 0) is 4.74 Å². The minimum absolute atomic E-state index is 0.216. The zero-order chi connectivity index (χ0) is 9.84. The molecule has 0 aliphatic carbocycles. The Balaban J connectivity index is 2.44. The van der Waals surface area contributed by atoms with Gasteiger partial charge in [-0.15, -0.1) is 0 Å². The van der Waals surface area contributed by atoms with Gasteiger partial charge in [-0.25, -0.2) is 4.99 Å². The number of ether oxygens (including phenoxy) is 1. The standard InChI is InChI=1S/C8H17N3O2/c1-5(2)10-8(9)11-6-3-13-4-7(6)12/h5-7,12H,3-4H2,1-2H3,(H3,9,10,11)/t6-,7-/m1/s1. The molecule has 0 amide bonds. The first-order valence-electron chi connectivity index (χ1n) is 4.45. The molecule has 2 atom stereocenters. The number of nitrogens with two attached hydrogens (primary N) is 1. The van der Waals surface area contributed by atoms with Crippen molar-refractivity contribution in [2.75, 3.05) is 13.2 Å². The maximum Gasteiger partial charge on any atom is 0.189 e. The fraction of sp³-hybridized carbons (Fsp3) is 0.875. The zero-order valence-electron chi connectivity index (χ0n) is 8.03. The molecule has 0 saturated carbocycles. The van der Waals surface area contributed by atoms with E-state index >= 15 is 0 Å². The summed E-state index contributed by atoms with van der Waals surface area (Å²) in [4.78, 5) is 4.11. The van der Waals surface area contributed by atoms with Gasteiger partial charge in [-0.2, -0.15) is 0 Å². The van der Waals surface area contributed by atoms with Crippen LogP contribution in [0.5, 0.6) is 0 Å². The molecule has 1 aliphatic heterocycles. The van der Waals surface area contributed by atoms with Crippen LogP contribution in [0.2, 0.25) is 0 Å². The third-order valence-electron chi connectivity index (χ3n) is 1.76. The average molecular weight is 187 g/mol. The second kappa shape index (κ2) is 4.43. The van der Waals surface area contributed by atoms with Crippen LogP contribution in [0.3, 0.4) is 0 Å². The van der Waals surface area contributed by atoms with E-state index in [0.29, 0.717) is 19.2 Å². The van der Waals surface area contributed by atoms with Crippen LogP contribution >= 0.6 is 0 Å². The first kappa shape index (κ1) is 10.3. The summed E-state index contributed by atoms with van der Waals surface area (Å²) in [5, 5.41) is 12.3. The van der Waals surface area contributed by atoms with E-state index in [9.17, 15) is 5.11 Å². The van der Waals surface area contributed by atoms with Gasteiger partial charge in [-0.3, -0.25) is 0 Å². The normalized spacial score (nSPS) is 29.7. The third-order valence-corrected chi connectivity index (χ3v) is 1.76. The van der Waals surface area contributed by atoms with Gasteiger partial charge in [0.15, 0.2) is 5.96 Å². The number of hydrogen-bond donors (Lipinski definition) is 3. The summed E-state index contributed by atoms with van der Waals surface area (Å²) < 4.78 is 5.03. The lowest BCUT2D eigenvalue weighted by Crippen LogP contribution is -2.39. The molecule has 1 heterocycles. The average Bonchev–Trinajstić information content (AvgIpc) is 2.34. The van der Waals surface area contributed by atoms with Crippen molar-refractivity contribution in [3.8, 4) is 0 Å². The SMILES string of the molecule is CC(C)NC(N)=N[C@@H]1COC[C@H]1O. The van der Waals surface area contributed by atoms with Crippen molar-refractivity contribution in [1.82, 2.24) is 5.32 Å². The van der Waals surface area contributed by atoms with Crippen molar-refractivity contribution >= 4 is 5.96 Å². The van der Waals surface area contributed by atoms with Crippen molar-refractivity contribution in [3.63, 3.8) is 0 Å². The second-order valence-electron chi connectivity index (χ2n) is 3.49. The van der Waals surface area contributed by atoms with Crippen LogP contribution in [0.4, 0.5) is 0 Å². The van der Waals surface area contributed by atoms with Crippen LogP contribution in [-0.4, -0.2) is 42.5 Å². The van der Waals surface area contributed by atoms with E-state index in [2.05, 4.69) is 10.3 Å². The fourth-order valence-corrected chi connectivity index (χ4v) is 1.17. The summed E-state index contributed by atoms with van der Waals surface area (Å²) in [5.41, 5.74) is 5.59. The summed E-state index contributed by atoms with van der Waals surface area (Å²) >= 11 is 0. The summed E-state index contributed by atoms with van der Waals surface area (Å²) in [6.45, 7) is 4.75. The Labute approximate surface area is 78.0 Å². The first-order chi connectivity index (χ1) is 6.09. The van der Waals surface area contributed by atoms with Gasteiger partial charge in [0.1, 0.15) is 12.1 Å². The highest BCUT2D eigenvalue weighted by molar-refractivity contribution is 5.78. The predicted molar refractivity (Wildman–Crippen MR) is 50.5 cm³/mol. The smallest absolute Gasteiger partial charge is 0.189 e. The van der Waals surface area contributed by atoms with E-state index in [1.165, 1.54) is 0 Å². The molecule has 0 spiro atoms. The van der Waals surface area contributed by atoms with Crippen molar-refractivity contribution < 1.29 is 9.84 Å². The van der Waals surface area contributed by atoms with Gasteiger partial charge < -0.3 is 20.9 Å². The van der Waals surface area contributed by atoms with Crippen molar-refractivity contribution in [3.05, 3.63) is 0 Å². The number of nitrogens with one attached hydrogen (secondary N) is 1. The van der Waals surface area contributed by atoms with E-state index in [0.717, 1.165) is 0 Å². The molecule has 5 nitrogen and oxygen atoms in total. The highest BCUT2D eigenvalue weighted by atomic mass is 16.5. The fourth-order valence-electron chi connectivity index (χ4n) is 1.17. The maximum absolute atomic E-state index is 9.36. The number of hydrogen-bond acceptors (Lipinski definition) is 3. The first-order valence-corrected chi connectivity index (χ1v) is 4.45. The van der Waals surface area contributed by atoms with Crippen LogP contribution < -0.4 is 11.1 Å². The summed E-state index contributed by atoms with van der Waals surface area (Å²) in [6, 6.07) is 0.0365. The lowest BCUT2D eigenvalue weighted by molar-refractivity contribution is 0.125. The van der Waals surface area contributed by atoms with E-state index in [1.54, 1.807) is 0 Å². The largest absolute Gasteiger partial charge is 0.388 e. The Morgan fingerprint density at radius 3 is 2.77 bits per heavy atom. The highest BCUT2D eigenvalue weighted by Gasteiger charge is 2.25. The monoisotopic (exact) mass is 187 g/mol. The second-order valence-corrected chi connectivity index (χ2v) is 3.49. The number of guanidine groups is 1. The van der Waals surface area contributed by atoms with Gasteiger partial charge in [0.25, 0.3) is 0 Å². The van der Waals surface area contributed by atoms with Crippen LogP contribution in [0.15, 0.2) is 4.99 Å². The Kier molecular flexibility index (Phi) is 3.50. The Bertz CT molecular complexity index is 194. The molecule has 0 bridgehead atoms. The highest BCUT2D eigenvalue weighted by Crippen LogP contribution is 2.08. The molecule has 0 unspecified atom stereocenters. The van der Waals surface area contributed by atoms with Crippen LogP contribution in [0.25, 0.3) is 0 Å². The topological polar surface area (TPSA) is 79.9 Å². The summed E-state index contributed by atoms with van der Waals surface area (Å²) in [7, 11) is 0. The minimum atomic E-state index is -0.521. The number of aliphatic hydroxyl groups is 1. The van der Waals surface area contributed by atoms with Crippen molar-refractivity contribution in [2.24, 2.45) is 10.7 Å². The van der Waals surface area contributed by atoms with E-state index < -0.39 is 6.10 Å². The molecule has 1 fully saturated rings. The molecule has 0 aromatic heterocycles. The lowest BCUT2D eigenvalue weighted by atomic mass is 10.2. The number of aliphatic hydroxyl groups excluding tert-OH is 1. The number of aliphatic imine (C=N–C) groups is 1. The summed E-state index contributed by atoms with van der Waals surface area (Å²) in [5.74, 6) is 0.365. The molecule has 0 radical (unpaired) electrons. The van der Waals surface area contributed by atoms with Gasteiger partial charge in [-0.1, -0.05) is 0 Å². The number of rotatable bonds is 2. The molecule has 13 heavy (non-hydrogen) atoms. The zero-order valence-corrected chi connectivity index (χ0v) is 8.03. The lowest BCUT2D eigenvalue weighted by Gasteiger charge is -2.12. The third kappa shape index (κ3) is 3.20. The van der Waals surface area contributed by atoms with E-state index in [4.69, 9.17) is 10.5 Å². The minimum Gasteiger partial charge on any atom is -0.388 e. The number of nitrogens with zero attached hydrogens (tertiary/aromatic N) is 1. The molecule has 1 rings (SSSR count). The molecule has 0 aromatic carbocycles. The quantitative estimate of drug-likeness (QED) is 0.385.